The number of rotatable bonds is 7. The summed E-state index contributed by atoms with van der Waals surface area (Å²) in [6.07, 6.45) is 0. The van der Waals surface area contributed by atoms with Crippen LogP contribution in [0.4, 0.5) is 0 Å². The van der Waals surface area contributed by atoms with Crippen LogP contribution in [0.1, 0.15) is 29.8 Å². The second-order valence-electron chi connectivity index (χ2n) is 7.23. The molecule has 0 saturated carbocycles. The number of H-pyrrole nitrogens is 1. The Kier molecular flexibility index (Phi) is 6.08. The summed E-state index contributed by atoms with van der Waals surface area (Å²) in [5.41, 5.74) is 0.995. The third-order valence-electron chi connectivity index (χ3n) is 4.80. The van der Waals surface area contributed by atoms with Crippen LogP contribution in [0.15, 0.2) is 52.6 Å². The number of aromatic amines is 1. The van der Waals surface area contributed by atoms with Gasteiger partial charge in [-0.05, 0) is 41.3 Å². The summed E-state index contributed by atoms with van der Waals surface area (Å²) < 4.78 is 10.6. The summed E-state index contributed by atoms with van der Waals surface area (Å²) in [6, 6.07) is 12.8. The normalized spacial score (nSPS) is 11.2. The Labute approximate surface area is 173 Å². The van der Waals surface area contributed by atoms with Crippen LogP contribution in [-0.4, -0.2) is 31.7 Å². The van der Waals surface area contributed by atoms with Crippen molar-refractivity contribution in [3.8, 4) is 22.1 Å². The smallest absolute Gasteiger partial charge is 0.261 e. The van der Waals surface area contributed by atoms with Crippen molar-refractivity contribution in [2.45, 2.75) is 19.3 Å². The zero-order chi connectivity index (χ0) is 21.0. The Hall–Kier alpha value is -3.06. The first-order chi connectivity index (χ1) is 13.9. The summed E-state index contributed by atoms with van der Waals surface area (Å²) in [5.74, 6) is 0.871. The summed E-state index contributed by atoms with van der Waals surface area (Å²) in [5, 5.41) is 4.81. The van der Waals surface area contributed by atoms with E-state index in [2.05, 4.69) is 10.3 Å². The van der Waals surface area contributed by atoms with Gasteiger partial charge in [0.25, 0.3) is 11.5 Å². The highest BCUT2D eigenvalue weighted by Gasteiger charge is 2.24. The highest BCUT2D eigenvalue weighted by Crippen LogP contribution is 2.33. The fourth-order valence-electron chi connectivity index (χ4n) is 2.98. The van der Waals surface area contributed by atoms with Crippen molar-refractivity contribution in [2.75, 3.05) is 20.8 Å². The van der Waals surface area contributed by atoms with Crippen LogP contribution in [0.25, 0.3) is 10.6 Å². The van der Waals surface area contributed by atoms with Crippen LogP contribution in [0, 0.1) is 0 Å². The Morgan fingerprint density at radius 2 is 1.86 bits per heavy atom. The molecule has 0 spiro atoms. The van der Waals surface area contributed by atoms with Crippen LogP contribution in [0.3, 0.4) is 0 Å². The van der Waals surface area contributed by atoms with E-state index < -0.39 is 11.5 Å². The lowest BCUT2D eigenvalue weighted by Crippen LogP contribution is -2.38. The van der Waals surface area contributed by atoms with E-state index in [9.17, 15) is 9.59 Å². The van der Waals surface area contributed by atoms with Gasteiger partial charge in [0.2, 0.25) is 0 Å². The van der Waals surface area contributed by atoms with Gasteiger partial charge in [-0.3, -0.25) is 9.59 Å². The van der Waals surface area contributed by atoms with Crippen LogP contribution in [-0.2, 0) is 5.41 Å². The van der Waals surface area contributed by atoms with Crippen molar-refractivity contribution in [1.82, 2.24) is 10.3 Å². The van der Waals surface area contributed by atoms with Gasteiger partial charge < -0.3 is 19.8 Å². The first kappa shape index (κ1) is 20.7. The number of methoxy groups -OCH3 is 2. The molecule has 0 aliphatic heterocycles. The lowest BCUT2D eigenvalue weighted by atomic mass is 9.84. The lowest BCUT2D eigenvalue weighted by molar-refractivity contribution is 0.0944. The van der Waals surface area contributed by atoms with E-state index in [1.165, 1.54) is 11.3 Å². The van der Waals surface area contributed by atoms with E-state index in [1.807, 2.05) is 49.6 Å². The summed E-state index contributed by atoms with van der Waals surface area (Å²) >= 11 is 1.53. The number of carbonyl (C=O) groups is 1. The van der Waals surface area contributed by atoms with Crippen molar-refractivity contribution in [2.24, 2.45) is 0 Å². The molecule has 2 heterocycles. The van der Waals surface area contributed by atoms with Gasteiger partial charge in [-0.25, -0.2) is 0 Å². The molecule has 0 radical (unpaired) electrons. The third kappa shape index (κ3) is 4.51. The second-order valence-corrected chi connectivity index (χ2v) is 8.18. The summed E-state index contributed by atoms with van der Waals surface area (Å²) in [4.78, 5) is 28.7. The second kappa shape index (κ2) is 8.53. The number of hydrogen-bond donors (Lipinski definition) is 2. The molecule has 0 unspecified atom stereocenters. The fraction of sp³-hybridized carbons (Fsp3) is 0.273. The van der Waals surface area contributed by atoms with E-state index in [4.69, 9.17) is 9.47 Å². The maximum Gasteiger partial charge on any atom is 0.261 e. The van der Waals surface area contributed by atoms with Crippen molar-refractivity contribution in [1.29, 1.82) is 0 Å². The topological polar surface area (TPSA) is 80.4 Å². The number of nitrogens with one attached hydrogen (secondary N) is 2. The SMILES string of the molecule is COc1ccc(C(C)(C)CNC(=O)c2ccc(-c3cccs3)[nH]c2=O)cc1OC. The van der Waals surface area contributed by atoms with E-state index in [-0.39, 0.29) is 11.0 Å². The summed E-state index contributed by atoms with van der Waals surface area (Å²) in [7, 11) is 3.17. The molecule has 3 rings (SSSR count). The molecule has 0 bridgehead atoms. The van der Waals surface area contributed by atoms with Gasteiger partial charge in [0.1, 0.15) is 5.56 Å². The number of ether oxygens (including phenoxy) is 2. The number of hydrogen-bond acceptors (Lipinski definition) is 5. The van der Waals surface area contributed by atoms with Crippen molar-refractivity contribution in [3.63, 3.8) is 0 Å². The Morgan fingerprint density at radius 1 is 1.10 bits per heavy atom. The molecular formula is C22H24N2O4S. The van der Waals surface area contributed by atoms with Gasteiger partial charge >= 0.3 is 0 Å². The molecule has 2 aromatic heterocycles. The number of thiophene rings is 1. The van der Waals surface area contributed by atoms with E-state index in [0.29, 0.717) is 23.7 Å². The number of amides is 1. The third-order valence-corrected chi connectivity index (χ3v) is 5.70. The monoisotopic (exact) mass is 412 g/mol. The van der Waals surface area contributed by atoms with Gasteiger partial charge in [-0.15, -0.1) is 11.3 Å². The Morgan fingerprint density at radius 3 is 2.48 bits per heavy atom. The van der Waals surface area contributed by atoms with Crippen LogP contribution >= 0.6 is 11.3 Å². The van der Waals surface area contributed by atoms with Crippen molar-refractivity contribution in [3.05, 3.63) is 69.3 Å². The van der Waals surface area contributed by atoms with E-state index in [1.54, 1.807) is 26.4 Å². The van der Waals surface area contributed by atoms with Crippen molar-refractivity contribution < 1.29 is 14.3 Å². The molecule has 29 heavy (non-hydrogen) atoms. The standard InChI is InChI=1S/C22H24N2O4S/c1-22(2,14-7-10-17(27-3)18(12-14)28-4)13-23-20(25)15-8-9-16(24-21(15)26)19-6-5-11-29-19/h5-12H,13H2,1-4H3,(H,23,25)(H,24,26). The van der Waals surface area contributed by atoms with Crippen LogP contribution in [0.2, 0.25) is 0 Å². The predicted molar refractivity (Wildman–Crippen MR) is 115 cm³/mol. The molecule has 0 aliphatic carbocycles. The molecular weight excluding hydrogens is 388 g/mol. The number of benzene rings is 1. The van der Waals surface area contributed by atoms with Gasteiger partial charge in [0.05, 0.1) is 24.8 Å². The van der Waals surface area contributed by atoms with Gasteiger partial charge in [0, 0.05) is 12.0 Å². The van der Waals surface area contributed by atoms with E-state index >= 15 is 0 Å². The molecule has 152 valence electrons. The summed E-state index contributed by atoms with van der Waals surface area (Å²) in [6.45, 7) is 4.38. The lowest BCUT2D eigenvalue weighted by Gasteiger charge is -2.26. The molecule has 0 fully saturated rings. The molecule has 7 heteroatoms. The Balaban J connectivity index is 1.73. The molecule has 0 atom stereocenters. The van der Waals surface area contributed by atoms with Crippen LogP contribution in [0.5, 0.6) is 11.5 Å². The fourth-order valence-corrected chi connectivity index (χ4v) is 3.69. The molecule has 0 saturated heterocycles. The maximum absolute atomic E-state index is 12.6. The minimum Gasteiger partial charge on any atom is -0.493 e. The average Bonchev–Trinajstić information content (AvgIpc) is 3.26. The highest BCUT2D eigenvalue weighted by molar-refractivity contribution is 7.13. The Bertz CT molecular complexity index is 1050. The zero-order valence-corrected chi connectivity index (χ0v) is 17.7. The molecule has 3 aromatic rings. The molecule has 0 aliphatic rings. The quantitative estimate of drug-likeness (QED) is 0.618. The van der Waals surface area contributed by atoms with Gasteiger partial charge in [-0.2, -0.15) is 0 Å². The molecule has 6 nitrogen and oxygen atoms in total. The van der Waals surface area contributed by atoms with Crippen LogP contribution < -0.4 is 20.3 Å². The highest BCUT2D eigenvalue weighted by atomic mass is 32.1. The predicted octanol–water partition coefficient (Wildman–Crippen LogP) is 3.83. The average molecular weight is 413 g/mol. The number of aromatic nitrogens is 1. The number of carbonyl (C=O) groups excluding carboxylic acids is 1. The van der Waals surface area contributed by atoms with Gasteiger partial charge in [0.15, 0.2) is 11.5 Å². The van der Waals surface area contributed by atoms with Gasteiger partial charge in [-0.1, -0.05) is 26.0 Å². The molecule has 1 amide bonds. The molecule has 2 N–H and O–H groups in total. The van der Waals surface area contributed by atoms with Crippen molar-refractivity contribution >= 4 is 17.2 Å². The first-order valence-corrected chi connectivity index (χ1v) is 10.0. The minimum absolute atomic E-state index is 0.0911. The maximum atomic E-state index is 12.6. The molecule has 1 aromatic carbocycles. The minimum atomic E-state index is -0.405. The van der Waals surface area contributed by atoms with E-state index in [0.717, 1.165) is 10.4 Å². The zero-order valence-electron chi connectivity index (χ0n) is 16.9. The number of pyridine rings is 1. The largest absolute Gasteiger partial charge is 0.493 e. The first-order valence-electron chi connectivity index (χ1n) is 9.13.